The van der Waals surface area contributed by atoms with E-state index in [1.54, 1.807) is 0 Å². The van der Waals surface area contributed by atoms with Gasteiger partial charge in [-0.2, -0.15) is 0 Å². The Hall–Kier alpha value is -1.10. The molecule has 1 N–H and O–H groups in total. The molecule has 1 heterocycles. The minimum absolute atomic E-state index is 0.0118. The molecule has 3 aliphatic rings. The van der Waals surface area contributed by atoms with Crippen LogP contribution in [0.25, 0.3) is 0 Å². The first-order valence-corrected chi connectivity index (χ1v) is 10.5. The first kappa shape index (κ1) is 18.7. The summed E-state index contributed by atoms with van der Waals surface area (Å²) in [6, 6.07) is 0.0118. The summed E-state index contributed by atoms with van der Waals surface area (Å²) in [5, 5.41) is 3.12. The molecule has 0 aromatic carbocycles. The van der Waals surface area contributed by atoms with Crippen molar-refractivity contribution in [1.82, 2.24) is 15.1 Å². The second kappa shape index (κ2) is 9.02. The van der Waals surface area contributed by atoms with Gasteiger partial charge in [0, 0.05) is 38.6 Å². The van der Waals surface area contributed by atoms with Crippen LogP contribution in [0.3, 0.4) is 0 Å². The van der Waals surface area contributed by atoms with E-state index in [1.165, 1.54) is 38.5 Å². The highest BCUT2D eigenvalue weighted by atomic mass is 16.2. The van der Waals surface area contributed by atoms with E-state index >= 15 is 0 Å². The predicted octanol–water partition coefficient (Wildman–Crippen LogP) is 2.41. The second-order valence-electron chi connectivity index (χ2n) is 8.12. The molecule has 3 fully saturated rings. The summed E-state index contributed by atoms with van der Waals surface area (Å²) in [5.41, 5.74) is 0. The van der Waals surface area contributed by atoms with E-state index in [0.29, 0.717) is 11.8 Å². The van der Waals surface area contributed by atoms with Gasteiger partial charge >= 0.3 is 0 Å². The van der Waals surface area contributed by atoms with Gasteiger partial charge in [0.2, 0.25) is 11.8 Å². The summed E-state index contributed by atoms with van der Waals surface area (Å²) in [6.07, 6.45) is 10.4. The molecule has 0 spiro atoms. The van der Waals surface area contributed by atoms with E-state index in [0.717, 1.165) is 52.0 Å². The number of amides is 2. The third-order valence-electron chi connectivity index (χ3n) is 6.39. The topological polar surface area (TPSA) is 52.7 Å². The molecule has 3 rings (SSSR count). The van der Waals surface area contributed by atoms with Gasteiger partial charge in [-0.05, 0) is 38.0 Å². The average molecular weight is 350 g/mol. The summed E-state index contributed by atoms with van der Waals surface area (Å²) in [7, 11) is 0. The van der Waals surface area contributed by atoms with Gasteiger partial charge in [0.15, 0.2) is 0 Å². The van der Waals surface area contributed by atoms with Gasteiger partial charge in [0.05, 0.1) is 6.04 Å². The predicted molar refractivity (Wildman–Crippen MR) is 99.2 cm³/mol. The maximum atomic E-state index is 12.8. The second-order valence-corrected chi connectivity index (χ2v) is 8.12. The van der Waals surface area contributed by atoms with E-state index < -0.39 is 0 Å². The third kappa shape index (κ3) is 4.55. The highest BCUT2D eigenvalue weighted by molar-refractivity contribution is 5.82. The van der Waals surface area contributed by atoms with E-state index in [2.05, 4.69) is 22.0 Å². The zero-order chi connectivity index (χ0) is 17.6. The molecule has 0 radical (unpaired) electrons. The van der Waals surface area contributed by atoms with Crippen LogP contribution in [0.4, 0.5) is 0 Å². The first-order chi connectivity index (χ1) is 12.2. The van der Waals surface area contributed by atoms with Gasteiger partial charge in [-0.25, -0.2) is 0 Å². The van der Waals surface area contributed by atoms with Crippen LogP contribution in [-0.2, 0) is 9.59 Å². The molecular formula is C20H35N3O2. The van der Waals surface area contributed by atoms with Crippen LogP contribution in [0.5, 0.6) is 0 Å². The quantitative estimate of drug-likeness (QED) is 0.801. The van der Waals surface area contributed by atoms with Crippen LogP contribution in [0, 0.1) is 11.8 Å². The van der Waals surface area contributed by atoms with Gasteiger partial charge in [-0.1, -0.05) is 32.6 Å². The number of nitrogens with zero attached hydrogens (tertiary/aromatic N) is 2. The lowest BCUT2D eigenvalue weighted by molar-refractivity contribution is -0.138. The van der Waals surface area contributed by atoms with Gasteiger partial charge in [-0.3, -0.25) is 14.5 Å². The Kier molecular flexibility index (Phi) is 6.74. The molecule has 0 unspecified atom stereocenters. The standard InChI is InChI=1S/C20H35N3O2/c1-2-11-21-19(24)18(16-7-3-4-8-16)22-12-14-23(15-13-22)20(25)17-9-5-6-10-17/h16-18H,2-15H2,1H3,(H,21,24)/t18-/m1/s1. The number of hydrogen-bond acceptors (Lipinski definition) is 3. The first-order valence-electron chi connectivity index (χ1n) is 10.5. The summed E-state index contributed by atoms with van der Waals surface area (Å²) in [6.45, 7) is 6.14. The van der Waals surface area contributed by atoms with E-state index in [1.807, 2.05) is 0 Å². The van der Waals surface area contributed by atoms with Gasteiger partial charge < -0.3 is 10.2 Å². The number of carbonyl (C=O) groups excluding carboxylic acids is 2. The van der Waals surface area contributed by atoms with Crippen molar-refractivity contribution >= 4 is 11.8 Å². The molecule has 1 saturated heterocycles. The SMILES string of the molecule is CCCNC(=O)[C@@H](C1CCCC1)N1CCN(C(=O)C2CCCC2)CC1. The smallest absolute Gasteiger partial charge is 0.237 e. The molecule has 0 aromatic heterocycles. The van der Waals surface area contributed by atoms with Crippen molar-refractivity contribution in [3.05, 3.63) is 0 Å². The molecule has 25 heavy (non-hydrogen) atoms. The van der Waals surface area contributed by atoms with Gasteiger partial charge in [0.1, 0.15) is 0 Å². The lowest BCUT2D eigenvalue weighted by Crippen LogP contribution is -2.58. The Morgan fingerprint density at radius 1 is 0.960 bits per heavy atom. The summed E-state index contributed by atoms with van der Waals surface area (Å²) in [4.78, 5) is 29.8. The van der Waals surface area contributed by atoms with E-state index in [9.17, 15) is 9.59 Å². The molecule has 0 bridgehead atoms. The molecule has 2 aliphatic carbocycles. The van der Waals surface area contributed by atoms with Gasteiger partial charge in [-0.15, -0.1) is 0 Å². The Morgan fingerprint density at radius 2 is 1.56 bits per heavy atom. The summed E-state index contributed by atoms with van der Waals surface area (Å²) < 4.78 is 0. The zero-order valence-electron chi connectivity index (χ0n) is 15.8. The van der Waals surface area contributed by atoms with Crippen molar-refractivity contribution in [3.8, 4) is 0 Å². The van der Waals surface area contributed by atoms with Crippen LogP contribution >= 0.6 is 0 Å². The molecule has 5 heteroatoms. The van der Waals surface area contributed by atoms with Crippen molar-refractivity contribution in [2.75, 3.05) is 32.7 Å². The van der Waals surface area contributed by atoms with Gasteiger partial charge in [0.25, 0.3) is 0 Å². The maximum absolute atomic E-state index is 12.8. The molecule has 1 atom stereocenters. The highest BCUT2D eigenvalue weighted by Gasteiger charge is 2.38. The van der Waals surface area contributed by atoms with Crippen LogP contribution in [0.1, 0.15) is 64.7 Å². The Labute approximate surface area is 152 Å². The number of piperazine rings is 1. The molecule has 0 aromatic rings. The molecule has 2 amide bonds. The molecule has 1 aliphatic heterocycles. The van der Waals surface area contributed by atoms with Crippen LogP contribution in [-0.4, -0.2) is 60.4 Å². The van der Waals surface area contributed by atoms with Crippen molar-refractivity contribution in [3.63, 3.8) is 0 Å². The highest BCUT2D eigenvalue weighted by Crippen LogP contribution is 2.32. The average Bonchev–Trinajstić information content (AvgIpc) is 3.34. The maximum Gasteiger partial charge on any atom is 0.237 e. The van der Waals surface area contributed by atoms with Crippen LogP contribution in [0.2, 0.25) is 0 Å². The lowest BCUT2D eigenvalue weighted by atomic mass is 9.94. The monoisotopic (exact) mass is 349 g/mol. The van der Waals surface area contributed by atoms with Crippen molar-refractivity contribution in [2.45, 2.75) is 70.8 Å². The van der Waals surface area contributed by atoms with Crippen molar-refractivity contribution < 1.29 is 9.59 Å². The van der Waals surface area contributed by atoms with E-state index in [4.69, 9.17) is 0 Å². The number of nitrogens with one attached hydrogen (secondary N) is 1. The minimum atomic E-state index is 0.0118. The minimum Gasteiger partial charge on any atom is -0.355 e. The van der Waals surface area contributed by atoms with Crippen LogP contribution < -0.4 is 5.32 Å². The van der Waals surface area contributed by atoms with Crippen molar-refractivity contribution in [2.24, 2.45) is 11.8 Å². The zero-order valence-corrected chi connectivity index (χ0v) is 15.8. The lowest BCUT2D eigenvalue weighted by Gasteiger charge is -2.41. The molecule has 5 nitrogen and oxygen atoms in total. The summed E-state index contributed by atoms with van der Waals surface area (Å²) >= 11 is 0. The fourth-order valence-electron chi connectivity index (χ4n) is 4.96. The number of hydrogen-bond donors (Lipinski definition) is 1. The fourth-order valence-corrected chi connectivity index (χ4v) is 4.96. The Balaban J connectivity index is 1.57. The molecule has 2 saturated carbocycles. The number of carbonyl (C=O) groups is 2. The normalized spacial score (nSPS) is 24.6. The van der Waals surface area contributed by atoms with Crippen molar-refractivity contribution in [1.29, 1.82) is 0 Å². The largest absolute Gasteiger partial charge is 0.355 e. The Bertz CT molecular complexity index is 448. The third-order valence-corrected chi connectivity index (χ3v) is 6.39. The van der Waals surface area contributed by atoms with Crippen LogP contribution in [0.15, 0.2) is 0 Å². The molecule has 142 valence electrons. The molecular weight excluding hydrogens is 314 g/mol. The Morgan fingerprint density at radius 3 is 2.16 bits per heavy atom. The number of rotatable bonds is 6. The van der Waals surface area contributed by atoms with E-state index in [-0.39, 0.29) is 17.9 Å². The summed E-state index contributed by atoms with van der Waals surface area (Å²) in [5.74, 6) is 1.34. The fraction of sp³-hybridized carbons (Fsp3) is 0.900.